The van der Waals surface area contributed by atoms with E-state index in [2.05, 4.69) is 10.3 Å². The fourth-order valence-electron chi connectivity index (χ4n) is 2.55. The zero-order valence-electron chi connectivity index (χ0n) is 11.8. The van der Waals surface area contributed by atoms with E-state index in [0.717, 1.165) is 31.4 Å². The lowest BCUT2D eigenvalue weighted by molar-refractivity contribution is -0.137. The summed E-state index contributed by atoms with van der Waals surface area (Å²) in [5.74, 6) is -0.302. The molecule has 1 amide bonds. The van der Waals surface area contributed by atoms with Crippen molar-refractivity contribution in [2.45, 2.75) is 31.5 Å². The molecular formula is C14H18F3N3O. The number of amides is 1. The van der Waals surface area contributed by atoms with Crippen LogP contribution in [0.4, 0.5) is 13.2 Å². The first-order valence-electron chi connectivity index (χ1n) is 6.92. The summed E-state index contributed by atoms with van der Waals surface area (Å²) in [6.07, 6.45) is -0.866. The van der Waals surface area contributed by atoms with E-state index in [4.69, 9.17) is 0 Å². The predicted octanol–water partition coefficient (Wildman–Crippen LogP) is 2.31. The molecule has 1 unspecified atom stereocenters. The number of likely N-dealkylation sites (tertiary alicyclic amines) is 1. The fraction of sp³-hybridized carbons (Fsp3) is 0.571. The van der Waals surface area contributed by atoms with E-state index in [1.807, 2.05) is 7.05 Å². The molecule has 2 rings (SSSR count). The van der Waals surface area contributed by atoms with Gasteiger partial charge in [-0.25, -0.2) is 0 Å². The summed E-state index contributed by atoms with van der Waals surface area (Å²) in [5.41, 5.74) is -0.782. The second-order valence-corrected chi connectivity index (χ2v) is 5.14. The maximum Gasteiger partial charge on any atom is 0.417 e. The number of likely N-dealkylation sites (N-methyl/N-ethyl adjacent to an activating group) is 1. The molecule has 1 fully saturated rings. The summed E-state index contributed by atoms with van der Waals surface area (Å²) in [6.45, 7) is 1.29. The van der Waals surface area contributed by atoms with Crippen LogP contribution >= 0.6 is 0 Å². The third kappa shape index (κ3) is 3.72. The summed E-state index contributed by atoms with van der Waals surface area (Å²) in [6, 6.07) is 2.12. The molecule has 0 bridgehead atoms. The smallest absolute Gasteiger partial charge is 0.333 e. The van der Waals surface area contributed by atoms with Crippen molar-refractivity contribution in [1.29, 1.82) is 0 Å². The number of hydrogen-bond acceptors (Lipinski definition) is 3. The number of rotatable bonds is 3. The lowest BCUT2D eigenvalue weighted by atomic mass is 10.0. The molecule has 0 radical (unpaired) electrons. The Labute approximate surface area is 121 Å². The van der Waals surface area contributed by atoms with Crippen LogP contribution in [0.5, 0.6) is 0 Å². The molecule has 1 aromatic heterocycles. The number of piperidine rings is 1. The summed E-state index contributed by atoms with van der Waals surface area (Å²) in [4.78, 5) is 17.8. The first-order valence-corrected chi connectivity index (χ1v) is 6.92. The minimum atomic E-state index is -4.44. The highest BCUT2D eigenvalue weighted by Crippen LogP contribution is 2.28. The zero-order chi connectivity index (χ0) is 15.5. The van der Waals surface area contributed by atoms with Crippen molar-refractivity contribution in [2.24, 2.45) is 0 Å². The SMILES string of the molecule is CNCC1CCCCN1C(=O)c1ccc(C(F)(F)F)cn1. The van der Waals surface area contributed by atoms with Gasteiger partial charge in [-0.05, 0) is 38.4 Å². The van der Waals surface area contributed by atoms with Crippen LogP contribution in [0.1, 0.15) is 35.3 Å². The highest BCUT2D eigenvalue weighted by molar-refractivity contribution is 5.92. The Bertz CT molecular complexity index is 485. The fourth-order valence-corrected chi connectivity index (χ4v) is 2.55. The standard InChI is InChI=1S/C14H18F3N3O/c1-18-9-11-4-2-3-7-20(11)13(21)12-6-5-10(8-19-12)14(15,16)17/h5-6,8,11,18H,2-4,7,9H2,1H3. The van der Waals surface area contributed by atoms with E-state index in [0.29, 0.717) is 19.3 Å². The minimum absolute atomic E-state index is 0.0611. The number of nitrogens with zero attached hydrogens (tertiary/aromatic N) is 2. The zero-order valence-corrected chi connectivity index (χ0v) is 11.8. The molecule has 0 spiro atoms. The van der Waals surface area contributed by atoms with Crippen molar-refractivity contribution in [1.82, 2.24) is 15.2 Å². The first-order chi connectivity index (χ1) is 9.93. The number of aromatic nitrogens is 1. The third-order valence-electron chi connectivity index (χ3n) is 3.64. The van der Waals surface area contributed by atoms with Crippen molar-refractivity contribution in [3.63, 3.8) is 0 Å². The highest BCUT2D eigenvalue weighted by Gasteiger charge is 2.32. The molecule has 0 aliphatic carbocycles. The molecular weight excluding hydrogens is 283 g/mol. The number of carbonyl (C=O) groups excluding carboxylic acids is 1. The van der Waals surface area contributed by atoms with E-state index < -0.39 is 11.7 Å². The normalized spacial score (nSPS) is 19.6. The number of alkyl halides is 3. The largest absolute Gasteiger partial charge is 0.417 e. The molecule has 1 aromatic rings. The molecule has 21 heavy (non-hydrogen) atoms. The monoisotopic (exact) mass is 301 g/mol. The van der Waals surface area contributed by atoms with Gasteiger partial charge in [0.25, 0.3) is 5.91 Å². The van der Waals surface area contributed by atoms with Gasteiger partial charge in [0.2, 0.25) is 0 Å². The number of hydrogen-bond donors (Lipinski definition) is 1. The van der Waals surface area contributed by atoms with E-state index in [-0.39, 0.29) is 17.6 Å². The Balaban J connectivity index is 2.14. The van der Waals surface area contributed by atoms with Crippen molar-refractivity contribution < 1.29 is 18.0 Å². The van der Waals surface area contributed by atoms with Gasteiger partial charge < -0.3 is 10.2 Å². The van der Waals surface area contributed by atoms with E-state index >= 15 is 0 Å². The van der Waals surface area contributed by atoms with Crippen LogP contribution in [0.2, 0.25) is 0 Å². The molecule has 1 atom stereocenters. The van der Waals surface area contributed by atoms with Crippen molar-refractivity contribution in [3.05, 3.63) is 29.6 Å². The van der Waals surface area contributed by atoms with Crippen molar-refractivity contribution >= 4 is 5.91 Å². The molecule has 1 aliphatic rings. The van der Waals surface area contributed by atoms with Crippen LogP contribution in [0.15, 0.2) is 18.3 Å². The Kier molecular flexibility index (Phi) is 4.82. The lowest BCUT2D eigenvalue weighted by Gasteiger charge is -2.35. The summed E-state index contributed by atoms with van der Waals surface area (Å²) in [7, 11) is 1.81. The van der Waals surface area contributed by atoms with E-state index in [1.165, 1.54) is 0 Å². The molecule has 0 aromatic carbocycles. The average molecular weight is 301 g/mol. The second-order valence-electron chi connectivity index (χ2n) is 5.14. The summed E-state index contributed by atoms with van der Waals surface area (Å²) in [5, 5.41) is 3.04. The van der Waals surface area contributed by atoms with Gasteiger partial charge in [0, 0.05) is 25.3 Å². The van der Waals surface area contributed by atoms with Crippen LogP contribution in [0, 0.1) is 0 Å². The van der Waals surface area contributed by atoms with E-state index in [1.54, 1.807) is 4.90 Å². The molecule has 4 nitrogen and oxygen atoms in total. The molecule has 2 heterocycles. The van der Waals surface area contributed by atoms with Gasteiger partial charge in [-0.2, -0.15) is 13.2 Å². The van der Waals surface area contributed by atoms with Gasteiger partial charge in [-0.1, -0.05) is 0 Å². The molecule has 1 saturated heterocycles. The molecule has 0 saturated carbocycles. The Hall–Kier alpha value is -1.63. The van der Waals surface area contributed by atoms with Gasteiger partial charge in [-0.3, -0.25) is 9.78 Å². The molecule has 1 N–H and O–H groups in total. The van der Waals surface area contributed by atoms with Crippen LogP contribution in [0.3, 0.4) is 0 Å². The topological polar surface area (TPSA) is 45.2 Å². The highest BCUT2D eigenvalue weighted by atomic mass is 19.4. The molecule has 7 heteroatoms. The van der Waals surface area contributed by atoms with Crippen LogP contribution in [-0.4, -0.2) is 42.0 Å². The Morgan fingerprint density at radius 3 is 2.76 bits per heavy atom. The van der Waals surface area contributed by atoms with Gasteiger partial charge in [0.15, 0.2) is 0 Å². The van der Waals surface area contributed by atoms with Gasteiger partial charge in [0.05, 0.1) is 5.56 Å². The van der Waals surface area contributed by atoms with Gasteiger partial charge >= 0.3 is 6.18 Å². The second kappa shape index (κ2) is 6.43. The maximum atomic E-state index is 12.5. The van der Waals surface area contributed by atoms with Gasteiger partial charge in [0.1, 0.15) is 5.69 Å². The Morgan fingerprint density at radius 2 is 2.19 bits per heavy atom. The number of halogens is 3. The van der Waals surface area contributed by atoms with Crippen LogP contribution in [-0.2, 0) is 6.18 Å². The first kappa shape index (κ1) is 15.8. The average Bonchev–Trinajstić information content (AvgIpc) is 2.47. The van der Waals surface area contributed by atoms with Crippen molar-refractivity contribution in [2.75, 3.05) is 20.1 Å². The summed E-state index contributed by atoms with van der Waals surface area (Å²) >= 11 is 0. The molecule has 1 aliphatic heterocycles. The number of pyridine rings is 1. The molecule has 116 valence electrons. The third-order valence-corrected chi connectivity index (χ3v) is 3.64. The Morgan fingerprint density at radius 1 is 1.43 bits per heavy atom. The minimum Gasteiger partial charge on any atom is -0.333 e. The summed E-state index contributed by atoms with van der Waals surface area (Å²) < 4.78 is 37.5. The number of nitrogens with one attached hydrogen (secondary N) is 1. The van der Waals surface area contributed by atoms with Crippen molar-refractivity contribution in [3.8, 4) is 0 Å². The van der Waals surface area contributed by atoms with Crippen LogP contribution < -0.4 is 5.32 Å². The maximum absolute atomic E-state index is 12.5. The number of carbonyl (C=O) groups is 1. The van der Waals surface area contributed by atoms with E-state index in [9.17, 15) is 18.0 Å². The van der Waals surface area contributed by atoms with Crippen LogP contribution in [0.25, 0.3) is 0 Å². The lowest BCUT2D eigenvalue weighted by Crippen LogP contribution is -2.48. The quantitative estimate of drug-likeness (QED) is 0.932. The predicted molar refractivity (Wildman–Crippen MR) is 71.8 cm³/mol. The van der Waals surface area contributed by atoms with Gasteiger partial charge in [-0.15, -0.1) is 0 Å².